The minimum absolute atomic E-state index is 0.0567. The zero-order valence-corrected chi connectivity index (χ0v) is 17.7. The number of halogens is 2. The van der Waals surface area contributed by atoms with Crippen molar-refractivity contribution in [2.24, 2.45) is 17.6 Å². The predicted molar refractivity (Wildman–Crippen MR) is 111 cm³/mol. The minimum atomic E-state index is -1.02. The minimum Gasteiger partial charge on any atom is -0.368 e. The number of hydrogen-bond acceptors (Lipinski definition) is 4. The standard InChI is InChI=1S/C22H28F2N4O4/c23-15-7-13(8-16(24)11-15)3-4-19(29)27-18(9-12-1-2-12)22(32)28-17(20(25)30)10-14-5-6-26-21(14)31/h7-8,11-12,14,17-18H,1-6,9-10H2,(H2,25,30)(H,26,31)(H,27,29)(H,28,32)/t14-,17?,18?/m0/s1. The summed E-state index contributed by atoms with van der Waals surface area (Å²) in [5.41, 5.74) is 5.76. The van der Waals surface area contributed by atoms with Crippen LogP contribution in [0.2, 0.25) is 0 Å². The van der Waals surface area contributed by atoms with Crippen LogP contribution in [0.15, 0.2) is 18.2 Å². The van der Waals surface area contributed by atoms with Crippen molar-refractivity contribution < 1.29 is 28.0 Å². The van der Waals surface area contributed by atoms with Crippen LogP contribution in [0.3, 0.4) is 0 Å². The third-order valence-corrected chi connectivity index (χ3v) is 5.82. The molecule has 2 aliphatic rings. The highest BCUT2D eigenvalue weighted by molar-refractivity contribution is 5.92. The van der Waals surface area contributed by atoms with Crippen LogP contribution in [-0.4, -0.2) is 42.3 Å². The molecule has 1 aliphatic heterocycles. The Morgan fingerprint density at radius 3 is 2.28 bits per heavy atom. The molecular formula is C22H28F2N4O4. The fourth-order valence-electron chi connectivity index (χ4n) is 3.87. The molecule has 10 heteroatoms. The van der Waals surface area contributed by atoms with Gasteiger partial charge in [0.05, 0.1) is 0 Å². The zero-order valence-electron chi connectivity index (χ0n) is 17.7. The second-order valence-electron chi connectivity index (χ2n) is 8.55. The van der Waals surface area contributed by atoms with Gasteiger partial charge in [-0.3, -0.25) is 19.2 Å². The first-order valence-electron chi connectivity index (χ1n) is 10.8. The number of hydrogen-bond donors (Lipinski definition) is 4. The molecule has 2 unspecified atom stereocenters. The number of carbonyl (C=O) groups is 4. The van der Waals surface area contributed by atoms with Gasteiger partial charge in [-0.15, -0.1) is 0 Å². The molecule has 174 valence electrons. The van der Waals surface area contributed by atoms with E-state index in [9.17, 15) is 28.0 Å². The molecule has 0 aromatic heterocycles. The summed E-state index contributed by atoms with van der Waals surface area (Å²) < 4.78 is 26.6. The molecule has 32 heavy (non-hydrogen) atoms. The van der Waals surface area contributed by atoms with E-state index in [4.69, 9.17) is 5.73 Å². The monoisotopic (exact) mass is 450 g/mol. The fourth-order valence-corrected chi connectivity index (χ4v) is 3.87. The van der Waals surface area contributed by atoms with E-state index in [0.717, 1.165) is 31.0 Å². The van der Waals surface area contributed by atoms with Crippen LogP contribution in [0, 0.1) is 23.5 Å². The molecule has 0 radical (unpaired) electrons. The largest absolute Gasteiger partial charge is 0.368 e. The summed E-state index contributed by atoms with van der Waals surface area (Å²) in [6, 6.07) is 1.18. The Kier molecular flexibility index (Phi) is 7.76. The Bertz CT molecular complexity index is 870. The van der Waals surface area contributed by atoms with Gasteiger partial charge in [0.2, 0.25) is 23.6 Å². The van der Waals surface area contributed by atoms with E-state index < -0.39 is 47.4 Å². The Labute approximate surface area is 184 Å². The zero-order chi connectivity index (χ0) is 23.3. The van der Waals surface area contributed by atoms with Crippen molar-refractivity contribution in [3.05, 3.63) is 35.4 Å². The van der Waals surface area contributed by atoms with Crippen LogP contribution in [0.1, 0.15) is 44.1 Å². The molecule has 1 heterocycles. The normalized spacial score (nSPS) is 19.7. The molecule has 1 aromatic rings. The first kappa shape index (κ1) is 23.6. The number of aryl methyl sites for hydroxylation is 1. The van der Waals surface area contributed by atoms with Gasteiger partial charge in [0, 0.05) is 24.9 Å². The van der Waals surface area contributed by atoms with Gasteiger partial charge in [0.25, 0.3) is 0 Å². The lowest BCUT2D eigenvalue weighted by Crippen LogP contribution is -2.53. The molecule has 1 aliphatic carbocycles. The highest BCUT2D eigenvalue weighted by atomic mass is 19.1. The molecule has 4 amide bonds. The highest BCUT2D eigenvalue weighted by Gasteiger charge is 2.34. The average Bonchev–Trinajstić information content (AvgIpc) is 3.44. The maximum atomic E-state index is 13.3. The Hall–Kier alpha value is -3.04. The van der Waals surface area contributed by atoms with Crippen LogP contribution in [-0.2, 0) is 25.6 Å². The van der Waals surface area contributed by atoms with Crippen molar-refractivity contribution in [3.8, 4) is 0 Å². The number of primary amides is 1. The van der Waals surface area contributed by atoms with Crippen molar-refractivity contribution in [1.82, 2.24) is 16.0 Å². The second kappa shape index (κ2) is 10.5. The van der Waals surface area contributed by atoms with E-state index in [1.165, 1.54) is 0 Å². The van der Waals surface area contributed by atoms with E-state index >= 15 is 0 Å². The number of nitrogens with two attached hydrogens (primary N) is 1. The number of benzene rings is 1. The lowest BCUT2D eigenvalue weighted by molar-refractivity contribution is -0.132. The maximum Gasteiger partial charge on any atom is 0.243 e. The van der Waals surface area contributed by atoms with E-state index in [1.807, 2.05) is 0 Å². The molecule has 5 N–H and O–H groups in total. The van der Waals surface area contributed by atoms with Gasteiger partial charge >= 0.3 is 0 Å². The van der Waals surface area contributed by atoms with Gasteiger partial charge in [-0.1, -0.05) is 12.8 Å². The molecule has 1 saturated carbocycles. The van der Waals surface area contributed by atoms with E-state index in [-0.39, 0.29) is 25.2 Å². The third-order valence-electron chi connectivity index (χ3n) is 5.82. The molecule has 2 fully saturated rings. The maximum absolute atomic E-state index is 13.3. The Balaban J connectivity index is 1.57. The summed E-state index contributed by atoms with van der Waals surface area (Å²) in [6.45, 7) is 0.512. The third kappa shape index (κ3) is 7.00. The van der Waals surface area contributed by atoms with Crippen molar-refractivity contribution >= 4 is 23.6 Å². The van der Waals surface area contributed by atoms with Crippen LogP contribution in [0.25, 0.3) is 0 Å². The van der Waals surface area contributed by atoms with Crippen LogP contribution >= 0.6 is 0 Å². The number of nitrogens with one attached hydrogen (secondary N) is 3. The summed E-state index contributed by atoms with van der Waals surface area (Å²) in [7, 11) is 0. The average molecular weight is 450 g/mol. The van der Waals surface area contributed by atoms with Crippen LogP contribution < -0.4 is 21.7 Å². The topological polar surface area (TPSA) is 130 Å². The fraction of sp³-hybridized carbons (Fsp3) is 0.545. The first-order chi connectivity index (χ1) is 15.2. The molecular weight excluding hydrogens is 422 g/mol. The summed E-state index contributed by atoms with van der Waals surface area (Å²) in [5, 5.41) is 7.93. The molecule has 3 atom stereocenters. The Morgan fingerprint density at radius 2 is 1.72 bits per heavy atom. The van der Waals surface area contributed by atoms with Gasteiger partial charge in [0.15, 0.2) is 0 Å². The summed E-state index contributed by atoms with van der Waals surface area (Å²) in [6.07, 6.45) is 3.02. The van der Waals surface area contributed by atoms with E-state index in [0.29, 0.717) is 30.9 Å². The second-order valence-corrected chi connectivity index (χ2v) is 8.55. The smallest absolute Gasteiger partial charge is 0.243 e. The van der Waals surface area contributed by atoms with Gasteiger partial charge in [-0.25, -0.2) is 8.78 Å². The number of carbonyl (C=O) groups excluding carboxylic acids is 4. The van der Waals surface area contributed by atoms with Gasteiger partial charge in [-0.05, 0) is 49.3 Å². The van der Waals surface area contributed by atoms with Crippen molar-refractivity contribution in [2.75, 3.05) is 6.54 Å². The lowest BCUT2D eigenvalue weighted by atomic mass is 9.97. The number of rotatable bonds is 11. The van der Waals surface area contributed by atoms with Crippen molar-refractivity contribution in [3.63, 3.8) is 0 Å². The van der Waals surface area contributed by atoms with Crippen molar-refractivity contribution in [1.29, 1.82) is 0 Å². The van der Waals surface area contributed by atoms with Crippen molar-refractivity contribution in [2.45, 2.75) is 57.0 Å². The first-order valence-corrected chi connectivity index (χ1v) is 10.8. The summed E-state index contributed by atoms with van der Waals surface area (Å²) >= 11 is 0. The lowest BCUT2D eigenvalue weighted by Gasteiger charge is -2.23. The molecule has 0 bridgehead atoms. The Morgan fingerprint density at radius 1 is 1.03 bits per heavy atom. The predicted octanol–water partition coefficient (Wildman–Crippen LogP) is 0.679. The highest BCUT2D eigenvalue weighted by Crippen LogP contribution is 2.33. The molecule has 1 aromatic carbocycles. The van der Waals surface area contributed by atoms with Gasteiger partial charge < -0.3 is 21.7 Å². The van der Waals surface area contributed by atoms with Crippen LogP contribution in [0.4, 0.5) is 8.78 Å². The molecule has 8 nitrogen and oxygen atoms in total. The number of amides is 4. The summed E-state index contributed by atoms with van der Waals surface area (Å²) in [4.78, 5) is 48.9. The molecule has 1 saturated heterocycles. The SMILES string of the molecule is NC(=O)C(C[C@@H]1CCNC1=O)NC(=O)C(CC1CC1)NC(=O)CCc1cc(F)cc(F)c1. The van der Waals surface area contributed by atoms with E-state index in [1.54, 1.807) is 0 Å². The molecule has 0 spiro atoms. The van der Waals surface area contributed by atoms with E-state index in [2.05, 4.69) is 16.0 Å². The summed E-state index contributed by atoms with van der Waals surface area (Å²) in [5.74, 6) is -3.46. The quantitative estimate of drug-likeness (QED) is 0.395. The molecule has 3 rings (SSSR count). The van der Waals surface area contributed by atoms with Gasteiger partial charge in [0.1, 0.15) is 23.7 Å². The van der Waals surface area contributed by atoms with Gasteiger partial charge in [-0.2, -0.15) is 0 Å². The van der Waals surface area contributed by atoms with Crippen LogP contribution in [0.5, 0.6) is 0 Å².